The minimum Gasteiger partial charge on any atom is -0.481 e. The second kappa shape index (κ2) is 8.76. The molecule has 0 N–H and O–H groups in total. The van der Waals surface area contributed by atoms with Gasteiger partial charge in [-0.25, -0.2) is 8.78 Å². The van der Waals surface area contributed by atoms with E-state index in [0.717, 1.165) is 30.5 Å². The number of nitrogens with zero attached hydrogens (tertiary/aromatic N) is 1. The molecule has 1 aliphatic heterocycles. The van der Waals surface area contributed by atoms with E-state index in [1.165, 1.54) is 6.07 Å². The molecule has 1 amide bonds. The minimum absolute atomic E-state index is 0.120. The molecule has 2 aromatic carbocycles. The van der Waals surface area contributed by atoms with Crippen LogP contribution >= 0.6 is 0 Å². The number of carbonyl (C=O) groups is 1. The SMILES string of the molecule is O=C(COc1ccc(F)cc1F)N1CCC(OCc2ccccc2)CC1. The fourth-order valence-corrected chi connectivity index (χ4v) is 2.88. The van der Waals surface area contributed by atoms with E-state index in [2.05, 4.69) is 0 Å². The van der Waals surface area contributed by atoms with Gasteiger partial charge in [0.05, 0.1) is 12.7 Å². The molecule has 0 spiro atoms. The maximum Gasteiger partial charge on any atom is 0.260 e. The largest absolute Gasteiger partial charge is 0.481 e. The summed E-state index contributed by atoms with van der Waals surface area (Å²) in [5, 5.41) is 0. The molecular weight excluding hydrogens is 340 g/mol. The first-order valence-corrected chi connectivity index (χ1v) is 8.63. The number of carbonyl (C=O) groups excluding carboxylic acids is 1. The zero-order valence-electron chi connectivity index (χ0n) is 14.4. The van der Waals surface area contributed by atoms with E-state index in [-0.39, 0.29) is 24.4 Å². The molecular formula is C20H21F2NO3. The number of piperidine rings is 1. The molecule has 2 aromatic rings. The molecule has 1 heterocycles. The van der Waals surface area contributed by atoms with Crippen LogP contribution in [0.25, 0.3) is 0 Å². The third-order valence-corrected chi connectivity index (χ3v) is 4.37. The lowest BCUT2D eigenvalue weighted by molar-refractivity contribution is -0.136. The lowest BCUT2D eigenvalue weighted by Gasteiger charge is -2.32. The summed E-state index contributed by atoms with van der Waals surface area (Å²) >= 11 is 0. The van der Waals surface area contributed by atoms with Gasteiger partial charge in [-0.3, -0.25) is 4.79 Å². The van der Waals surface area contributed by atoms with E-state index in [9.17, 15) is 13.6 Å². The van der Waals surface area contributed by atoms with Gasteiger partial charge in [0.15, 0.2) is 18.2 Å². The number of hydrogen-bond acceptors (Lipinski definition) is 3. The van der Waals surface area contributed by atoms with Crippen molar-refractivity contribution in [1.29, 1.82) is 0 Å². The van der Waals surface area contributed by atoms with E-state index in [0.29, 0.717) is 19.7 Å². The standard InChI is InChI=1S/C20H21F2NO3/c21-16-6-7-19(18(22)12-16)26-14-20(24)23-10-8-17(9-11-23)25-13-15-4-2-1-3-5-15/h1-7,12,17H,8-11,13-14H2. The molecule has 0 aromatic heterocycles. The number of rotatable bonds is 6. The third-order valence-electron chi connectivity index (χ3n) is 4.37. The Hall–Kier alpha value is -2.47. The average Bonchev–Trinajstić information content (AvgIpc) is 2.67. The van der Waals surface area contributed by atoms with Crippen molar-refractivity contribution in [3.8, 4) is 5.75 Å². The molecule has 0 atom stereocenters. The molecule has 0 radical (unpaired) electrons. The van der Waals surface area contributed by atoms with Crippen LogP contribution in [-0.2, 0) is 16.1 Å². The van der Waals surface area contributed by atoms with Crippen LogP contribution in [0.2, 0.25) is 0 Å². The van der Waals surface area contributed by atoms with Crippen molar-refractivity contribution in [2.75, 3.05) is 19.7 Å². The van der Waals surface area contributed by atoms with Gasteiger partial charge >= 0.3 is 0 Å². The summed E-state index contributed by atoms with van der Waals surface area (Å²) in [4.78, 5) is 13.9. The van der Waals surface area contributed by atoms with Crippen molar-refractivity contribution < 1.29 is 23.0 Å². The summed E-state index contributed by atoms with van der Waals surface area (Å²) in [5.41, 5.74) is 1.13. The topological polar surface area (TPSA) is 38.8 Å². The summed E-state index contributed by atoms with van der Waals surface area (Å²) in [5.74, 6) is -1.83. The molecule has 0 aliphatic carbocycles. The highest BCUT2D eigenvalue weighted by Crippen LogP contribution is 2.19. The highest BCUT2D eigenvalue weighted by Gasteiger charge is 2.23. The molecule has 4 nitrogen and oxygen atoms in total. The second-order valence-electron chi connectivity index (χ2n) is 6.24. The highest BCUT2D eigenvalue weighted by atomic mass is 19.1. The maximum absolute atomic E-state index is 13.5. The van der Waals surface area contributed by atoms with Crippen molar-refractivity contribution in [1.82, 2.24) is 4.90 Å². The fraction of sp³-hybridized carbons (Fsp3) is 0.350. The lowest BCUT2D eigenvalue weighted by Crippen LogP contribution is -2.43. The number of likely N-dealkylation sites (tertiary alicyclic amines) is 1. The van der Waals surface area contributed by atoms with Crippen molar-refractivity contribution in [2.45, 2.75) is 25.6 Å². The summed E-state index contributed by atoms with van der Waals surface area (Å²) < 4.78 is 37.4. The quantitative estimate of drug-likeness (QED) is 0.790. The molecule has 3 rings (SSSR count). The molecule has 1 fully saturated rings. The summed E-state index contributed by atoms with van der Waals surface area (Å²) in [6.45, 7) is 1.45. The molecule has 1 aliphatic rings. The number of ether oxygens (including phenoxy) is 2. The Morgan fingerprint density at radius 1 is 1.08 bits per heavy atom. The van der Waals surface area contributed by atoms with Gasteiger partial charge in [-0.15, -0.1) is 0 Å². The van der Waals surface area contributed by atoms with Crippen LogP contribution in [-0.4, -0.2) is 36.6 Å². The molecule has 1 saturated heterocycles. The molecule has 0 unspecified atom stereocenters. The zero-order valence-corrected chi connectivity index (χ0v) is 14.4. The Morgan fingerprint density at radius 3 is 2.50 bits per heavy atom. The van der Waals surface area contributed by atoms with Gasteiger partial charge in [0.2, 0.25) is 0 Å². The smallest absolute Gasteiger partial charge is 0.260 e. The maximum atomic E-state index is 13.5. The third kappa shape index (κ3) is 5.02. The Balaban J connectivity index is 1.40. The lowest BCUT2D eigenvalue weighted by atomic mass is 10.1. The average molecular weight is 361 g/mol. The first-order chi connectivity index (χ1) is 12.6. The summed E-state index contributed by atoms with van der Waals surface area (Å²) in [6.07, 6.45) is 1.63. The monoisotopic (exact) mass is 361 g/mol. The Bertz CT molecular complexity index is 731. The second-order valence-corrected chi connectivity index (χ2v) is 6.24. The van der Waals surface area contributed by atoms with E-state index < -0.39 is 11.6 Å². The highest BCUT2D eigenvalue weighted by molar-refractivity contribution is 5.77. The van der Waals surface area contributed by atoms with E-state index in [4.69, 9.17) is 9.47 Å². The predicted octanol–water partition coefficient (Wildman–Crippen LogP) is 3.55. The molecule has 138 valence electrons. The zero-order chi connectivity index (χ0) is 18.4. The summed E-state index contributed by atoms with van der Waals surface area (Å²) in [7, 11) is 0. The Kier molecular flexibility index (Phi) is 6.17. The van der Waals surface area contributed by atoms with E-state index >= 15 is 0 Å². The Labute approximate surface area is 151 Å². The van der Waals surface area contributed by atoms with Crippen LogP contribution in [0.3, 0.4) is 0 Å². The van der Waals surface area contributed by atoms with E-state index in [1.807, 2.05) is 30.3 Å². The van der Waals surface area contributed by atoms with Crippen molar-refractivity contribution in [2.24, 2.45) is 0 Å². The molecule has 26 heavy (non-hydrogen) atoms. The minimum atomic E-state index is -0.814. The van der Waals surface area contributed by atoms with Gasteiger partial charge in [0, 0.05) is 19.2 Å². The Morgan fingerprint density at radius 2 is 1.81 bits per heavy atom. The van der Waals surface area contributed by atoms with Gasteiger partial charge in [-0.2, -0.15) is 0 Å². The van der Waals surface area contributed by atoms with Crippen molar-refractivity contribution in [3.05, 3.63) is 65.7 Å². The van der Waals surface area contributed by atoms with Crippen LogP contribution in [0, 0.1) is 11.6 Å². The number of amides is 1. The normalized spacial score (nSPS) is 15.1. The van der Waals surface area contributed by atoms with E-state index in [1.54, 1.807) is 4.90 Å². The molecule has 0 bridgehead atoms. The molecule has 0 saturated carbocycles. The van der Waals surface area contributed by atoms with Crippen LogP contribution < -0.4 is 4.74 Å². The fourth-order valence-electron chi connectivity index (χ4n) is 2.88. The first kappa shape index (κ1) is 18.3. The number of hydrogen-bond donors (Lipinski definition) is 0. The van der Waals surface area contributed by atoms with Crippen molar-refractivity contribution in [3.63, 3.8) is 0 Å². The van der Waals surface area contributed by atoms with Crippen LogP contribution in [0.15, 0.2) is 48.5 Å². The van der Waals surface area contributed by atoms with Gasteiger partial charge in [-0.05, 0) is 30.5 Å². The van der Waals surface area contributed by atoms with Crippen molar-refractivity contribution >= 4 is 5.91 Å². The molecule has 6 heteroatoms. The summed E-state index contributed by atoms with van der Waals surface area (Å²) in [6, 6.07) is 13.0. The van der Waals surface area contributed by atoms with Gasteiger partial charge < -0.3 is 14.4 Å². The van der Waals surface area contributed by atoms with Crippen LogP contribution in [0.5, 0.6) is 5.75 Å². The van der Waals surface area contributed by atoms with Gasteiger partial charge in [-0.1, -0.05) is 30.3 Å². The number of halogens is 2. The predicted molar refractivity (Wildman–Crippen MR) is 92.7 cm³/mol. The van der Waals surface area contributed by atoms with Crippen LogP contribution in [0.4, 0.5) is 8.78 Å². The van der Waals surface area contributed by atoms with Gasteiger partial charge in [0.25, 0.3) is 5.91 Å². The van der Waals surface area contributed by atoms with Gasteiger partial charge in [0.1, 0.15) is 5.82 Å². The first-order valence-electron chi connectivity index (χ1n) is 8.63. The van der Waals surface area contributed by atoms with Crippen LogP contribution in [0.1, 0.15) is 18.4 Å². The number of benzene rings is 2.